The van der Waals surface area contributed by atoms with Gasteiger partial charge in [-0.1, -0.05) is 6.92 Å². The number of aromatic amines is 1. The Morgan fingerprint density at radius 3 is 3.19 bits per heavy atom. The molecular weight excluding hydrogens is 206 g/mol. The molecule has 1 aromatic rings. The Morgan fingerprint density at radius 2 is 2.56 bits per heavy atom. The number of carbonyl (C=O) groups is 1. The van der Waals surface area contributed by atoms with Crippen molar-refractivity contribution in [3.05, 3.63) is 17.7 Å². The average Bonchev–Trinajstić information content (AvgIpc) is 2.76. The van der Waals surface area contributed by atoms with Crippen molar-refractivity contribution >= 4 is 5.91 Å². The van der Waals surface area contributed by atoms with Crippen molar-refractivity contribution in [2.75, 3.05) is 13.1 Å². The van der Waals surface area contributed by atoms with Crippen LogP contribution < -0.4 is 0 Å². The topological polar surface area (TPSA) is 69.2 Å². The highest BCUT2D eigenvalue weighted by Crippen LogP contribution is 2.12. The van der Waals surface area contributed by atoms with E-state index in [1.807, 2.05) is 6.92 Å². The molecule has 2 heterocycles. The van der Waals surface area contributed by atoms with Crippen LogP contribution in [-0.2, 0) is 6.42 Å². The van der Waals surface area contributed by atoms with E-state index < -0.39 is 0 Å². The number of nitrogens with one attached hydrogen (secondary N) is 1. The number of hydrogen-bond donors (Lipinski definition) is 2. The van der Waals surface area contributed by atoms with Gasteiger partial charge in [0.1, 0.15) is 11.5 Å². The van der Waals surface area contributed by atoms with E-state index in [2.05, 4.69) is 9.97 Å². The summed E-state index contributed by atoms with van der Waals surface area (Å²) in [5, 5.41) is 9.51. The summed E-state index contributed by atoms with van der Waals surface area (Å²) in [6, 6.07) is 0. The second-order valence-electron chi connectivity index (χ2n) is 4.14. The second-order valence-corrected chi connectivity index (χ2v) is 4.14. The van der Waals surface area contributed by atoms with Crippen LogP contribution in [0.2, 0.25) is 0 Å². The molecule has 1 fully saturated rings. The fourth-order valence-corrected chi connectivity index (χ4v) is 1.96. The normalized spacial score (nSPS) is 21.1. The molecule has 88 valence electrons. The molecule has 0 bridgehead atoms. The lowest BCUT2D eigenvalue weighted by molar-refractivity contribution is 0.0469. The number of piperidine rings is 1. The number of rotatable bonds is 2. The molecule has 1 saturated heterocycles. The number of aliphatic hydroxyl groups excluding tert-OH is 1. The molecule has 1 atom stereocenters. The molecule has 16 heavy (non-hydrogen) atoms. The Kier molecular flexibility index (Phi) is 3.24. The van der Waals surface area contributed by atoms with Crippen LogP contribution in [0.4, 0.5) is 0 Å². The largest absolute Gasteiger partial charge is 0.391 e. The van der Waals surface area contributed by atoms with Crippen LogP contribution in [0.15, 0.2) is 6.20 Å². The monoisotopic (exact) mass is 223 g/mol. The van der Waals surface area contributed by atoms with Crippen molar-refractivity contribution in [2.45, 2.75) is 32.3 Å². The van der Waals surface area contributed by atoms with Crippen LogP contribution in [0.5, 0.6) is 0 Å². The van der Waals surface area contributed by atoms with Crippen molar-refractivity contribution in [3.8, 4) is 0 Å². The Morgan fingerprint density at radius 1 is 1.75 bits per heavy atom. The van der Waals surface area contributed by atoms with Gasteiger partial charge in [-0.15, -0.1) is 0 Å². The van der Waals surface area contributed by atoms with E-state index in [-0.39, 0.29) is 12.0 Å². The maximum absolute atomic E-state index is 12.0. The maximum Gasteiger partial charge on any atom is 0.272 e. The van der Waals surface area contributed by atoms with Gasteiger partial charge in [-0.05, 0) is 12.8 Å². The Hall–Kier alpha value is -1.36. The molecule has 2 N–H and O–H groups in total. The van der Waals surface area contributed by atoms with Gasteiger partial charge in [0.15, 0.2) is 0 Å². The number of carbonyl (C=O) groups excluding carboxylic acids is 1. The molecule has 1 amide bonds. The minimum Gasteiger partial charge on any atom is -0.391 e. The Bertz CT molecular complexity index is 375. The third-order valence-corrected chi connectivity index (χ3v) is 2.88. The zero-order valence-corrected chi connectivity index (χ0v) is 9.44. The minimum atomic E-state index is -0.383. The number of nitrogens with zero attached hydrogens (tertiary/aromatic N) is 2. The van der Waals surface area contributed by atoms with Crippen molar-refractivity contribution in [3.63, 3.8) is 0 Å². The number of likely N-dealkylation sites (tertiary alicyclic amines) is 1. The van der Waals surface area contributed by atoms with Crippen molar-refractivity contribution < 1.29 is 9.90 Å². The van der Waals surface area contributed by atoms with Gasteiger partial charge in [-0.25, -0.2) is 4.98 Å². The smallest absolute Gasteiger partial charge is 0.272 e. The van der Waals surface area contributed by atoms with Crippen molar-refractivity contribution in [2.24, 2.45) is 0 Å². The van der Waals surface area contributed by atoms with E-state index in [9.17, 15) is 9.90 Å². The lowest BCUT2D eigenvalue weighted by Gasteiger charge is -2.29. The highest BCUT2D eigenvalue weighted by atomic mass is 16.3. The number of H-pyrrole nitrogens is 1. The Balaban J connectivity index is 2.06. The van der Waals surface area contributed by atoms with Crippen LogP contribution in [0.1, 0.15) is 36.1 Å². The SMILES string of the molecule is CCc1ncc(C(=O)N2CCCC(O)C2)[nH]1. The summed E-state index contributed by atoms with van der Waals surface area (Å²) in [5.74, 6) is 0.756. The molecule has 0 spiro atoms. The summed E-state index contributed by atoms with van der Waals surface area (Å²) < 4.78 is 0. The van der Waals surface area contributed by atoms with Gasteiger partial charge >= 0.3 is 0 Å². The summed E-state index contributed by atoms with van der Waals surface area (Å²) in [6.45, 7) is 3.13. The zero-order chi connectivity index (χ0) is 11.5. The lowest BCUT2D eigenvalue weighted by Crippen LogP contribution is -2.42. The summed E-state index contributed by atoms with van der Waals surface area (Å²) in [5.41, 5.74) is 0.519. The molecule has 0 aliphatic carbocycles. The fourth-order valence-electron chi connectivity index (χ4n) is 1.96. The predicted octanol–water partition coefficient (Wildman–Crippen LogP) is 0.569. The molecule has 2 rings (SSSR count). The van der Waals surface area contributed by atoms with Crippen molar-refractivity contribution in [1.82, 2.24) is 14.9 Å². The van der Waals surface area contributed by atoms with E-state index in [1.54, 1.807) is 11.1 Å². The van der Waals surface area contributed by atoms with Gasteiger partial charge in [-0.2, -0.15) is 0 Å². The van der Waals surface area contributed by atoms with Gasteiger partial charge in [0, 0.05) is 19.5 Å². The average molecular weight is 223 g/mol. The van der Waals surface area contributed by atoms with Gasteiger partial charge in [0.2, 0.25) is 0 Å². The first-order valence-electron chi connectivity index (χ1n) is 5.72. The fraction of sp³-hybridized carbons (Fsp3) is 0.636. The third kappa shape index (κ3) is 2.24. The first kappa shape index (κ1) is 11.1. The molecule has 1 unspecified atom stereocenters. The minimum absolute atomic E-state index is 0.0639. The van der Waals surface area contributed by atoms with Gasteiger partial charge in [0.05, 0.1) is 12.3 Å². The lowest BCUT2D eigenvalue weighted by atomic mass is 10.1. The van der Waals surface area contributed by atoms with Gasteiger partial charge < -0.3 is 15.0 Å². The number of amides is 1. The van der Waals surface area contributed by atoms with Crippen LogP contribution in [-0.4, -0.2) is 45.1 Å². The molecule has 1 aromatic heterocycles. The maximum atomic E-state index is 12.0. The van der Waals surface area contributed by atoms with Crippen LogP contribution in [0.3, 0.4) is 0 Å². The highest BCUT2D eigenvalue weighted by Gasteiger charge is 2.23. The number of aromatic nitrogens is 2. The number of aryl methyl sites for hydroxylation is 1. The van der Waals surface area contributed by atoms with Crippen LogP contribution >= 0.6 is 0 Å². The third-order valence-electron chi connectivity index (χ3n) is 2.88. The molecule has 5 nitrogen and oxygen atoms in total. The van der Waals surface area contributed by atoms with E-state index in [1.165, 1.54) is 0 Å². The van der Waals surface area contributed by atoms with E-state index in [0.717, 1.165) is 31.6 Å². The first-order valence-corrected chi connectivity index (χ1v) is 5.72. The molecule has 1 aliphatic heterocycles. The van der Waals surface area contributed by atoms with Gasteiger partial charge in [0.25, 0.3) is 5.91 Å². The van der Waals surface area contributed by atoms with Crippen molar-refractivity contribution in [1.29, 1.82) is 0 Å². The van der Waals surface area contributed by atoms with Crippen LogP contribution in [0, 0.1) is 0 Å². The second kappa shape index (κ2) is 4.65. The summed E-state index contributed by atoms with van der Waals surface area (Å²) >= 11 is 0. The van der Waals surface area contributed by atoms with E-state index in [4.69, 9.17) is 0 Å². The molecular formula is C11H17N3O2. The zero-order valence-electron chi connectivity index (χ0n) is 9.44. The number of aliphatic hydroxyl groups is 1. The summed E-state index contributed by atoms with van der Waals surface area (Å²) in [4.78, 5) is 20.8. The number of imidazole rings is 1. The molecule has 1 aliphatic rings. The summed E-state index contributed by atoms with van der Waals surface area (Å²) in [7, 11) is 0. The standard InChI is InChI=1S/C11H17N3O2/c1-2-10-12-6-9(13-10)11(16)14-5-3-4-8(15)7-14/h6,8,15H,2-5,7H2,1H3,(H,12,13). The Labute approximate surface area is 94.5 Å². The number of hydrogen-bond acceptors (Lipinski definition) is 3. The highest BCUT2D eigenvalue weighted by molar-refractivity contribution is 5.92. The molecule has 0 aromatic carbocycles. The summed E-state index contributed by atoms with van der Waals surface area (Å²) in [6.07, 6.45) is 3.62. The van der Waals surface area contributed by atoms with Crippen LogP contribution in [0.25, 0.3) is 0 Å². The van der Waals surface area contributed by atoms with E-state index in [0.29, 0.717) is 12.2 Å². The molecule has 0 saturated carbocycles. The quantitative estimate of drug-likeness (QED) is 0.770. The predicted molar refractivity (Wildman–Crippen MR) is 59.1 cm³/mol. The molecule has 0 radical (unpaired) electrons. The number of β-amino-alcohol motifs (C(OH)–C–C–N with tert-alkyl or cyclic N) is 1. The van der Waals surface area contributed by atoms with E-state index >= 15 is 0 Å². The molecule has 5 heteroatoms. The van der Waals surface area contributed by atoms with Gasteiger partial charge in [-0.3, -0.25) is 4.79 Å². The first-order chi connectivity index (χ1) is 7.70.